The third-order valence-electron chi connectivity index (χ3n) is 1.90. The molecule has 90 valence electrons. The van der Waals surface area contributed by atoms with Gasteiger partial charge in [-0.1, -0.05) is 0 Å². The van der Waals surface area contributed by atoms with Crippen LogP contribution in [0.4, 0.5) is 10.7 Å². The highest BCUT2D eigenvalue weighted by Gasteiger charge is 2.16. The van der Waals surface area contributed by atoms with Crippen LogP contribution in [-0.4, -0.2) is 45.2 Å². The predicted octanol–water partition coefficient (Wildman–Crippen LogP) is -0.718. The molecule has 2 aromatic heterocycles. The Morgan fingerprint density at radius 1 is 1.35 bits per heavy atom. The topological polar surface area (TPSA) is 112 Å². The minimum atomic E-state index is -0.958. The highest BCUT2D eigenvalue weighted by molar-refractivity contribution is 5.80. The lowest BCUT2D eigenvalue weighted by Gasteiger charge is -2.10. The second kappa shape index (κ2) is 3.85. The van der Waals surface area contributed by atoms with Crippen molar-refractivity contribution in [1.82, 2.24) is 25.0 Å². The summed E-state index contributed by atoms with van der Waals surface area (Å²) in [7, 11) is 5.14. The first-order valence-corrected chi connectivity index (χ1v) is 4.71. The molecule has 0 aliphatic carbocycles. The van der Waals surface area contributed by atoms with Crippen molar-refractivity contribution in [3.8, 4) is 5.88 Å². The number of nitrogens with zero attached hydrogens (tertiary/aromatic N) is 6. The molecular formula is C8H11N7O2. The van der Waals surface area contributed by atoms with E-state index in [-0.39, 0.29) is 11.4 Å². The number of hydrogen-bond donors (Lipinski definition) is 1. The first-order valence-electron chi connectivity index (χ1n) is 4.71. The summed E-state index contributed by atoms with van der Waals surface area (Å²) >= 11 is 0. The standard InChI is InChI=1S/C8H11N7O2/c1-14(2)8-10-5-4(12-15(3)13-5)6(11-8)17-7(9)16/h1-3H3,(H2,9,16). The van der Waals surface area contributed by atoms with Gasteiger partial charge in [-0.3, -0.25) is 0 Å². The van der Waals surface area contributed by atoms with Crippen molar-refractivity contribution in [1.29, 1.82) is 0 Å². The van der Waals surface area contributed by atoms with Crippen LogP contribution in [0.1, 0.15) is 0 Å². The fourth-order valence-electron chi connectivity index (χ4n) is 1.24. The van der Waals surface area contributed by atoms with E-state index in [1.165, 1.54) is 4.80 Å². The highest BCUT2D eigenvalue weighted by Crippen LogP contribution is 2.21. The van der Waals surface area contributed by atoms with Gasteiger partial charge in [-0.05, 0) is 0 Å². The first kappa shape index (κ1) is 11.0. The Morgan fingerprint density at radius 3 is 2.65 bits per heavy atom. The Balaban J connectivity index is 2.64. The highest BCUT2D eigenvalue weighted by atomic mass is 16.6. The molecule has 0 unspecified atom stereocenters. The number of carbonyl (C=O) groups is 1. The Hall–Kier alpha value is -2.45. The van der Waals surface area contributed by atoms with Gasteiger partial charge < -0.3 is 15.4 Å². The third-order valence-corrected chi connectivity index (χ3v) is 1.90. The molecule has 0 saturated carbocycles. The maximum atomic E-state index is 10.8. The zero-order chi connectivity index (χ0) is 12.6. The quantitative estimate of drug-likeness (QED) is 0.733. The van der Waals surface area contributed by atoms with Gasteiger partial charge in [-0.15, -0.1) is 10.2 Å². The maximum Gasteiger partial charge on any atom is 0.411 e. The minimum absolute atomic E-state index is 0.000648. The Bertz CT molecular complexity index is 577. The number of amides is 1. The number of nitrogens with two attached hydrogens (primary N) is 1. The monoisotopic (exact) mass is 237 g/mol. The summed E-state index contributed by atoms with van der Waals surface area (Å²) in [5.74, 6) is 0.355. The van der Waals surface area contributed by atoms with E-state index >= 15 is 0 Å². The van der Waals surface area contributed by atoms with Gasteiger partial charge in [-0.2, -0.15) is 14.8 Å². The number of aryl methyl sites for hydroxylation is 1. The minimum Gasteiger partial charge on any atom is -0.389 e. The van der Waals surface area contributed by atoms with Crippen molar-refractivity contribution in [2.24, 2.45) is 12.8 Å². The molecule has 0 spiro atoms. The largest absolute Gasteiger partial charge is 0.411 e. The zero-order valence-corrected chi connectivity index (χ0v) is 9.58. The second-order valence-electron chi connectivity index (χ2n) is 3.51. The molecule has 2 heterocycles. The molecule has 0 aliphatic heterocycles. The Kier molecular flexibility index (Phi) is 2.50. The van der Waals surface area contributed by atoms with Gasteiger partial charge in [0.1, 0.15) is 0 Å². The van der Waals surface area contributed by atoms with Gasteiger partial charge in [0.05, 0.1) is 0 Å². The van der Waals surface area contributed by atoms with E-state index in [4.69, 9.17) is 10.5 Å². The van der Waals surface area contributed by atoms with Gasteiger partial charge in [0.2, 0.25) is 11.6 Å². The van der Waals surface area contributed by atoms with E-state index in [9.17, 15) is 4.79 Å². The number of carbonyl (C=O) groups excluding carboxylic acids is 1. The molecule has 1 amide bonds. The number of fused-ring (bicyclic) bond motifs is 1. The summed E-state index contributed by atoms with van der Waals surface area (Å²) in [5.41, 5.74) is 5.58. The second-order valence-corrected chi connectivity index (χ2v) is 3.51. The summed E-state index contributed by atoms with van der Waals surface area (Å²) in [6.07, 6.45) is -0.958. The summed E-state index contributed by atoms with van der Waals surface area (Å²) in [6.45, 7) is 0. The van der Waals surface area contributed by atoms with Crippen molar-refractivity contribution < 1.29 is 9.53 Å². The molecule has 2 aromatic rings. The lowest BCUT2D eigenvalue weighted by atomic mass is 10.5. The molecule has 0 bridgehead atoms. The Labute approximate surface area is 96.2 Å². The molecule has 9 nitrogen and oxygen atoms in total. The number of hydrogen-bond acceptors (Lipinski definition) is 7. The molecule has 0 radical (unpaired) electrons. The van der Waals surface area contributed by atoms with Gasteiger partial charge in [-0.25, -0.2) is 4.79 Å². The molecule has 0 saturated heterocycles. The summed E-state index contributed by atoms with van der Waals surface area (Å²) in [4.78, 5) is 21.9. The number of rotatable bonds is 2. The van der Waals surface area contributed by atoms with Gasteiger partial charge in [0.25, 0.3) is 5.88 Å². The van der Waals surface area contributed by atoms with Crippen molar-refractivity contribution in [2.75, 3.05) is 19.0 Å². The zero-order valence-electron chi connectivity index (χ0n) is 9.58. The number of primary amides is 1. The molecule has 0 atom stereocenters. The number of anilines is 1. The molecule has 0 aliphatic rings. The van der Waals surface area contributed by atoms with Gasteiger partial charge in [0.15, 0.2) is 5.52 Å². The molecule has 17 heavy (non-hydrogen) atoms. The van der Waals surface area contributed by atoms with Crippen molar-refractivity contribution in [3.05, 3.63) is 0 Å². The van der Waals surface area contributed by atoms with Gasteiger partial charge >= 0.3 is 6.09 Å². The van der Waals surface area contributed by atoms with Crippen molar-refractivity contribution in [2.45, 2.75) is 0 Å². The first-order chi connectivity index (χ1) is 7.97. The van der Waals surface area contributed by atoms with Crippen LogP contribution in [-0.2, 0) is 7.05 Å². The fourth-order valence-corrected chi connectivity index (χ4v) is 1.24. The van der Waals surface area contributed by atoms with Crippen LogP contribution in [0, 0.1) is 0 Å². The molecule has 2 rings (SSSR count). The average Bonchev–Trinajstić information content (AvgIpc) is 2.57. The molecule has 2 N–H and O–H groups in total. The van der Waals surface area contributed by atoms with Crippen molar-refractivity contribution in [3.63, 3.8) is 0 Å². The van der Waals surface area contributed by atoms with Crippen LogP contribution >= 0.6 is 0 Å². The Morgan fingerprint density at radius 2 is 2.06 bits per heavy atom. The lowest BCUT2D eigenvalue weighted by molar-refractivity contribution is 0.209. The van der Waals surface area contributed by atoms with Crippen LogP contribution in [0.25, 0.3) is 11.2 Å². The van der Waals surface area contributed by atoms with E-state index in [1.807, 2.05) is 0 Å². The van der Waals surface area contributed by atoms with Crippen LogP contribution in [0.2, 0.25) is 0 Å². The maximum absolute atomic E-state index is 10.8. The third kappa shape index (κ3) is 2.07. The molecule has 0 fully saturated rings. The van der Waals surface area contributed by atoms with E-state index in [1.54, 1.807) is 26.0 Å². The van der Waals surface area contributed by atoms with Gasteiger partial charge in [0, 0.05) is 21.1 Å². The van der Waals surface area contributed by atoms with Crippen LogP contribution in [0.15, 0.2) is 0 Å². The number of ether oxygens (including phenoxy) is 1. The molecule has 9 heteroatoms. The summed E-state index contributed by atoms with van der Waals surface area (Å²) in [6, 6.07) is 0. The predicted molar refractivity (Wildman–Crippen MR) is 58.6 cm³/mol. The van der Waals surface area contributed by atoms with Crippen LogP contribution in [0.5, 0.6) is 5.88 Å². The van der Waals surface area contributed by atoms with E-state index < -0.39 is 6.09 Å². The SMILES string of the molecule is CN(C)c1nc(OC(N)=O)c2nn(C)nc2n1. The van der Waals surface area contributed by atoms with Crippen molar-refractivity contribution >= 4 is 23.2 Å². The van der Waals surface area contributed by atoms with E-state index in [0.717, 1.165) is 0 Å². The molecule has 0 aromatic carbocycles. The number of aromatic nitrogens is 5. The lowest BCUT2D eigenvalue weighted by Crippen LogP contribution is -2.19. The normalized spacial score (nSPS) is 10.5. The van der Waals surface area contributed by atoms with E-state index in [2.05, 4.69) is 20.2 Å². The summed E-state index contributed by atoms with van der Waals surface area (Å²) in [5, 5.41) is 8.02. The van der Waals surface area contributed by atoms with Crippen LogP contribution < -0.4 is 15.4 Å². The van der Waals surface area contributed by atoms with E-state index in [0.29, 0.717) is 11.6 Å². The summed E-state index contributed by atoms with van der Waals surface area (Å²) < 4.78 is 4.78. The smallest absolute Gasteiger partial charge is 0.389 e. The molecular weight excluding hydrogens is 226 g/mol. The average molecular weight is 237 g/mol. The van der Waals surface area contributed by atoms with Crippen LogP contribution in [0.3, 0.4) is 0 Å². The fraction of sp³-hybridized carbons (Fsp3) is 0.375.